The number of piperidine rings is 1. The molecule has 29 heavy (non-hydrogen) atoms. The number of hydrogen-bond donors (Lipinski definition) is 1. The van der Waals surface area contributed by atoms with Crippen LogP contribution >= 0.6 is 0 Å². The van der Waals surface area contributed by atoms with Crippen LogP contribution in [-0.4, -0.2) is 38.1 Å². The summed E-state index contributed by atoms with van der Waals surface area (Å²) in [6.45, 7) is 5.55. The molecule has 4 rings (SSSR count). The predicted molar refractivity (Wildman–Crippen MR) is 116 cm³/mol. The van der Waals surface area contributed by atoms with Gasteiger partial charge in [-0.2, -0.15) is 0 Å². The van der Waals surface area contributed by atoms with Crippen LogP contribution in [0, 0.1) is 0 Å². The Labute approximate surface area is 174 Å². The molecule has 2 aliphatic rings. The summed E-state index contributed by atoms with van der Waals surface area (Å²) < 4.78 is 34.2. The van der Waals surface area contributed by atoms with Gasteiger partial charge in [0.15, 0.2) is 0 Å². The van der Waals surface area contributed by atoms with Gasteiger partial charge >= 0.3 is 0 Å². The second-order valence-corrected chi connectivity index (χ2v) is 10.0. The summed E-state index contributed by atoms with van der Waals surface area (Å²) in [5.41, 5.74) is 1.68. The number of rotatable bonds is 5. The van der Waals surface area contributed by atoms with Crippen LogP contribution in [0.15, 0.2) is 53.4 Å². The van der Waals surface area contributed by atoms with Crippen molar-refractivity contribution in [3.63, 3.8) is 0 Å². The van der Waals surface area contributed by atoms with Crippen LogP contribution in [0.4, 0.5) is 5.69 Å². The van der Waals surface area contributed by atoms with Crippen molar-refractivity contribution >= 4 is 15.7 Å². The van der Waals surface area contributed by atoms with E-state index in [9.17, 15) is 8.42 Å². The number of fused-ring (bicyclic) bond motifs is 1. The van der Waals surface area contributed by atoms with E-state index in [4.69, 9.17) is 4.74 Å². The molecular formula is C23H30N2O3S. The average Bonchev–Trinajstić information content (AvgIpc) is 2.71. The van der Waals surface area contributed by atoms with Crippen molar-refractivity contribution in [2.75, 3.05) is 11.3 Å². The van der Waals surface area contributed by atoms with Crippen molar-refractivity contribution in [3.05, 3.63) is 54.1 Å². The zero-order chi connectivity index (χ0) is 20.4. The highest BCUT2D eigenvalue weighted by atomic mass is 32.2. The number of hydrogen-bond acceptors (Lipinski definition) is 4. The van der Waals surface area contributed by atoms with E-state index >= 15 is 0 Å². The number of benzene rings is 2. The van der Waals surface area contributed by atoms with Crippen molar-refractivity contribution in [2.45, 2.75) is 69.0 Å². The first-order valence-electron chi connectivity index (χ1n) is 10.6. The number of nitrogens with zero attached hydrogens (tertiary/aromatic N) is 1. The minimum Gasteiger partial charge on any atom is -0.489 e. The van der Waals surface area contributed by atoms with E-state index in [0.29, 0.717) is 17.8 Å². The molecule has 5 nitrogen and oxygen atoms in total. The zero-order valence-corrected chi connectivity index (χ0v) is 18.0. The maximum absolute atomic E-state index is 12.6. The molecule has 0 saturated carbocycles. The number of aryl methyl sites for hydroxylation is 1. The van der Waals surface area contributed by atoms with E-state index in [-0.39, 0.29) is 11.0 Å². The molecule has 3 atom stereocenters. The monoisotopic (exact) mass is 414 g/mol. The van der Waals surface area contributed by atoms with Crippen LogP contribution in [0.3, 0.4) is 0 Å². The van der Waals surface area contributed by atoms with Gasteiger partial charge in [0.25, 0.3) is 10.0 Å². The fourth-order valence-electron chi connectivity index (χ4n) is 4.50. The maximum atomic E-state index is 12.6. The van der Waals surface area contributed by atoms with Crippen LogP contribution in [-0.2, 0) is 16.4 Å². The van der Waals surface area contributed by atoms with Gasteiger partial charge in [-0.3, -0.25) is 9.62 Å². The quantitative estimate of drug-likeness (QED) is 0.786. The fraction of sp³-hybridized carbons (Fsp3) is 0.478. The standard InChI is InChI=1S/C23H30N2O3S/c1-17-7-6-8-18(2)25(17)16-21-14-12-19-11-13-20(15-23(19)28-21)24-29(26,27)22-9-4-3-5-10-22/h3-5,9-11,13,15,17-18,21,24H,6-8,12,14,16H2,1-2H3. The van der Waals surface area contributed by atoms with Crippen LogP contribution in [0.1, 0.15) is 45.1 Å². The van der Waals surface area contributed by atoms with Gasteiger partial charge in [0.05, 0.1) is 10.6 Å². The van der Waals surface area contributed by atoms with Crippen LogP contribution in [0.25, 0.3) is 0 Å². The van der Waals surface area contributed by atoms with Crippen molar-refractivity contribution in [3.8, 4) is 5.75 Å². The zero-order valence-electron chi connectivity index (χ0n) is 17.2. The van der Waals surface area contributed by atoms with Gasteiger partial charge in [-0.05, 0) is 63.3 Å². The first-order valence-corrected chi connectivity index (χ1v) is 12.0. The number of sulfonamides is 1. The predicted octanol–water partition coefficient (Wildman–Crippen LogP) is 4.44. The summed E-state index contributed by atoms with van der Waals surface area (Å²) in [6, 6.07) is 15.2. The summed E-state index contributed by atoms with van der Waals surface area (Å²) >= 11 is 0. The van der Waals surface area contributed by atoms with Gasteiger partial charge in [-0.15, -0.1) is 0 Å². The third-order valence-corrected chi connectivity index (χ3v) is 7.59. The lowest BCUT2D eigenvalue weighted by atomic mass is 9.95. The van der Waals surface area contributed by atoms with Crippen LogP contribution in [0.5, 0.6) is 5.75 Å². The third-order valence-electron chi connectivity index (χ3n) is 6.19. The molecule has 156 valence electrons. The highest BCUT2D eigenvalue weighted by Crippen LogP contribution is 2.33. The normalized spacial score (nSPS) is 25.1. The number of ether oxygens (including phenoxy) is 1. The van der Waals surface area contributed by atoms with Crippen LogP contribution < -0.4 is 9.46 Å². The molecule has 0 amide bonds. The molecule has 0 bridgehead atoms. The van der Waals surface area contributed by atoms with E-state index in [1.807, 2.05) is 18.2 Å². The van der Waals surface area contributed by atoms with Crippen molar-refractivity contribution in [1.82, 2.24) is 4.90 Å². The Balaban J connectivity index is 1.47. The molecule has 2 aromatic carbocycles. The molecule has 1 N–H and O–H groups in total. The van der Waals surface area contributed by atoms with Crippen LogP contribution in [0.2, 0.25) is 0 Å². The summed E-state index contributed by atoms with van der Waals surface area (Å²) in [4.78, 5) is 2.82. The molecule has 0 aromatic heterocycles. The van der Waals surface area contributed by atoms with E-state index in [1.165, 1.54) is 19.3 Å². The van der Waals surface area contributed by atoms with Gasteiger partial charge in [0.2, 0.25) is 0 Å². The summed E-state index contributed by atoms with van der Waals surface area (Å²) in [5, 5.41) is 0. The molecule has 0 radical (unpaired) electrons. The van der Waals surface area contributed by atoms with Crippen molar-refractivity contribution < 1.29 is 13.2 Å². The first kappa shape index (κ1) is 20.2. The van der Waals surface area contributed by atoms with Gasteiger partial charge in [-0.25, -0.2) is 8.42 Å². The van der Waals surface area contributed by atoms with E-state index < -0.39 is 10.0 Å². The highest BCUT2D eigenvalue weighted by Gasteiger charge is 2.29. The van der Waals surface area contributed by atoms with Gasteiger partial charge in [0.1, 0.15) is 11.9 Å². The maximum Gasteiger partial charge on any atom is 0.261 e. The largest absolute Gasteiger partial charge is 0.489 e. The molecule has 6 heteroatoms. The Kier molecular flexibility index (Phi) is 5.83. The molecule has 2 heterocycles. The summed E-state index contributed by atoms with van der Waals surface area (Å²) in [7, 11) is -3.60. The van der Waals surface area contributed by atoms with Gasteiger partial charge in [-0.1, -0.05) is 30.7 Å². The van der Waals surface area contributed by atoms with E-state index in [2.05, 4.69) is 23.5 Å². The van der Waals surface area contributed by atoms with Gasteiger partial charge < -0.3 is 4.74 Å². The Morgan fingerprint density at radius 1 is 1.03 bits per heavy atom. The molecule has 2 aromatic rings. The highest BCUT2D eigenvalue weighted by molar-refractivity contribution is 7.92. The van der Waals surface area contributed by atoms with Gasteiger partial charge in [0, 0.05) is 24.7 Å². The molecular weight excluding hydrogens is 384 g/mol. The fourth-order valence-corrected chi connectivity index (χ4v) is 5.57. The first-order chi connectivity index (χ1) is 13.9. The van der Waals surface area contributed by atoms with E-state index in [0.717, 1.165) is 30.7 Å². The van der Waals surface area contributed by atoms with Crippen molar-refractivity contribution in [1.29, 1.82) is 0 Å². The molecule has 3 unspecified atom stereocenters. The lowest BCUT2D eigenvalue weighted by Crippen LogP contribution is -2.49. The third kappa shape index (κ3) is 4.59. The number of anilines is 1. The second kappa shape index (κ2) is 8.36. The Hall–Kier alpha value is -2.05. The summed E-state index contributed by atoms with van der Waals surface area (Å²) in [6.07, 6.45) is 5.91. The number of likely N-dealkylation sites (tertiary alicyclic amines) is 1. The Morgan fingerprint density at radius 3 is 2.48 bits per heavy atom. The minimum absolute atomic E-state index is 0.145. The second-order valence-electron chi connectivity index (χ2n) is 8.35. The Morgan fingerprint density at radius 2 is 1.76 bits per heavy atom. The minimum atomic E-state index is -3.60. The molecule has 0 spiro atoms. The SMILES string of the molecule is CC1CCCC(C)N1CC1CCc2ccc(NS(=O)(=O)c3ccccc3)cc2O1. The lowest BCUT2D eigenvalue weighted by Gasteiger charge is -2.41. The van der Waals surface area contributed by atoms with E-state index in [1.54, 1.807) is 30.3 Å². The molecule has 1 fully saturated rings. The number of nitrogens with one attached hydrogen (secondary N) is 1. The smallest absolute Gasteiger partial charge is 0.261 e. The molecule has 0 aliphatic carbocycles. The Bertz CT molecular complexity index is 936. The molecule has 1 saturated heterocycles. The topological polar surface area (TPSA) is 58.6 Å². The summed E-state index contributed by atoms with van der Waals surface area (Å²) in [5.74, 6) is 0.798. The average molecular weight is 415 g/mol. The van der Waals surface area contributed by atoms with Crippen molar-refractivity contribution in [2.24, 2.45) is 0 Å². The lowest BCUT2D eigenvalue weighted by molar-refractivity contribution is 0.0440. The molecule has 2 aliphatic heterocycles.